The van der Waals surface area contributed by atoms with Gasteiger partial charge in [-0.1, -0.05) is 48.0 Å². The number of amides is 2. The molecule has 4 heteroatoms. The Labute approximate surface area is 137 Å². The molecule has 2 aromatic carbocycles. The monoisotopic (exact) mass is 310 g/mol. The third-order valence-corrected chi connectivity index (χ3v) is 3.40. The third-order valence-electron chi connectivity index (χ3n) is 3.40. The third kappa shape index (κ3) is 5.51. The highest BCUT2D eigenvalue weighted by atomic mass is 16.5. The maximum Gasteiger partial charge on any atom is 0.318 e. The molecule has 0 atom stereocenters. The molecule has 0 saturated heterocycles. The first kappa shape index (κ1) is 16.6. The lowest BCUT2D eigenvalue weighted by molar-refractivity contribution is 0.244. The van der Waals surface area contributed by atoms with Gasteiger partial charge >= 0.3 is 6.03 Å². The minimum absolute atomic E-state index is 0.219. The molecule has 0 aliphatic rings. The summed E-state index contributed by atoms with van der Waals surface area (Å²) >= 11 is 0. The van der Waals surface area contributed by atoms with Gasteiger partial charge in [-0.3, -0.25) is 0 Å². The van der Waals surface area contributed by atoms with Gasteiger partial charge in [0.25, 0.3) is 0 Å². The summed E-state index contributed by atoms with van der Waals surface area (Å²) in [4.78, 5) is 11.7. The van der Waals surface area contributed by atoms with Gasteiger partial charge in [-0.2, -0.15) is 0 Å². The van der Waals surface area contributed by atoms with Gasteiger partial charge in [-0.05, 0) is 31.1 Å². The van der Waals surface area contributed by atoms with E-state index in [1.54, 1.807) is 19.4 Å². The van der Waals surface area contributed by atoms with Crippen molar-refractivity contribution < 1.29 is 9.53 Å². The first-order chi connectivity index (χ1) is 11.2. The van der Waals surface area contributed by atoms with Gasteiger partial charge in [0.15, 0.2) is 0 Å². The molecule has 2 aromatic rings. The van der Waals surface area contributed by atoms with Crippen molar-refractivity contribution in [3.63, 3.8) is 0 Å². The Morgan fingerprint density at radius 1 is 1.17 bits per heavy atom. The highest BCUT2D eigenvalue weighted by Crippen LogP contribution is 2.18. The molecule has 0 aromatic heterocycles. The van der Waals surface area contributed by atoms with Crippen LogP contribution in [0, 0.1) is 6.92 Å². The lowest BCUT2D eigenvalue weighted by atomic mass is 10.1. The van der Waals surface area contributed by atoms with Crippen LogP contribution in [0.1, 0.15) is 16.7 Å². The zero-order valence-electron chi connectivity index (χ0n) is 13.5. The summed E-state index contributed by atoms with van der Waals surface area (Å²) in [5, 5.41) is 5.53. The summed E-state index contributed by atoms with van der Waals surface area (Å²) < 4.78 is 5.25. The van der Waals surface area contributed by atoms with Gasteiger partial charge in [-0.25, -0.2) is 4.79 Å². The fourth-order valence-corrected chi connectivity index (χ4v) is 2.25. The van der Waals surface area contributed by atoms with Crippen molar-refractivity contribution in [2.45, 2.75) is 13.3 Å². The lowest BCUT2D eigenvalue weighted by Crippen LogP contribution is -2.33. The zero-order valence-corrected chi connectivity index (χ0v) is 13.5. The molecule has 2 rings (SSSR count). The van der Waals surface area contributed by atoms with Crippen LogP contribution in [0.3, 0.4) is 0 Å². The number of benzene rings is 2. The van der Waals surface area contributed by atoms with Gasteiger partial charge in [0, 0.05) is 18.3 Å². The molecule has 0 unspecified atom stereocenters. The Hall–Kier alpha value is -2.75. The van der Waals surface area contributed by atoms with E-state index in [-0.39, 0.29) is 6.03 Å². The Kier molecular flexibility index (Phi) is 6.24. The molecule has 0 aliphatic heterocycles. The molecule has 2 N–H and O–H groups in total. The maximum absolute atomic E-state index is 11.7. The van der Waals surface area contributed by atoms with E-state index in [0.29, 0.717) is 6.54 Å². The van der Waals surface area contributed by atoms with Crippen molar-refractivity contribution in [1.82, 2.24) is 10.6 Å². The number of aryl methyl sites for hydroxylation is 1. The number of para-hydroxylation sites is 1. The number of hydrogen-bond acceptors (Lipinski definition) is 2. The van der Waals surface area contributed by atoms with Crippen LogP contribution in [-0.2, 0) is 6.42 Å². The predicted molar refractivity (Wildman–Crippen MR) is 93.4 cm³/mol. The number of nitrogens with one attached hydrogen (secondary N) is 2. The average molecular weight is 310 g/mol. The summed E-state index contributed by atoms with van der Waals surface area (Å²) in [6, 6.07) is 15.7. The summed E-state index contributed by atoms with van der Waals surface area (Å²) in [5.74, 6) is 0.769. The van der Waals surface area contributed by atoms with Crippen LogP contribution < -0.4 is 15.4 Å². The molecular weight excluding hydrogens is 288 g/mol. The van der Waals surface area contributed by atoms with Gasteiger partial charge in [0.1, 0.15) is 5.75 Å². The minimum atomic E-state index is -0.219. The normalized spacial score (nSPS) is 10.5. The van der Waals surface area contributed by atoms with Crippen LogP contribution in [0.25, 0.3) is 6.08 Å². The maximum atomic E-state index is 11.7. The van der Waals surface area contributed by atoms with Crippen molar-refractivity contribution in [1.29, 1.82) is 0 Å². The number of methoxy groups -OCH3 is 1. The highest BCUT2D eigenvalue weighted by Gasteiger charge is 1.99. The molecular formula is C19H22N2O2. The van der Waals surface area contributed by atoms with E-state index in [9.17, 15) is 4.79 Å². The highest BCUT2D eigenvalue weighted by molar-refractivity contribution is 5.76. The number of urea groups is 1. The molecule has 0 spiro atoms. The standard InChI is InChI=1S/C19H22N2O2/c1-15-6-5-7-16(14-15)10-12-20-19(22)21-13-11-17-8-3-4-9-18(17)23-2/h3-9,11,13-14H,10,12H2,1-2H3,(H2,20,21,22)/b13-11+. The minimum Gasteiger partial charge on any atom is -0.496 e. The second kappa shape index (κ2) is 8.63. The number of rotatable bonds is 6. The molecule has 120 valence electrons. The predicted octanol–water partition coefficient (Wildman–Crippen LogP) is 3.52. The fraction of sp³-hybridized carbons (Fsp3) is 0.211. The zero-order chi connectivity index (χ0) is 16.5. The largest absolute Gasteiger partial charge is 0.496 e. The van der Waals surface area contributed by atoms with E-state index >= 15 is 0 Å². The van der Waals surface area contributed by atoms with Crippen LogP contribution in [-0.4, -0.2) is 19.7 Å². The number of ether oxygens (including phenoxy) is 1. The Balaban J connectivity index is 1.75. The summed E-state index contributed by atoms with van der Waals surface area (Å²) in [6.07, 6.45) is 4.23. The first-order valence-corrected chi connectivity index (χ1v) is 7.58. The molecule has 0 fully saturated rings. The summed E-state index contributed by atoms with van der Waals surface area (Å²) in [5.41, 5.74) is 3.36. The molecule has 23 heavy (non-hydrogen) atoms. The van der Waals surface area contributed by atoms with Crippen molar-refractivity contribution in [2.75, 3.05) is 13.7 Å². The lowest BCUT2D eigenvalue weighted by Gasteiger charge is -2.06. The van der Waals surface area contributed by atoms with Crippen molar-refractivity contribution >= 4 is 12.1 Å². The second-order valence-electron chi connectivity index (χ2n) is 5.21. The van der Waals surface area contributed by atoms with Crippen molar-refractivity contribution in [2.24, 2.45) is 0 Å². The number of carbonyl (C=O) groups excluding carboxylic acids is 1. The van der Waals surface area contributed by atoms with E-state index in [0.717, 1.165) is 17.7 Å². The molecule has 0 heterocycles. The molecule has 2 amide bonds. The van der Waals surface area contributed by atoms with E-state index < -0.39 is 0 Å². The molecule has 0 saturated carbocycles. The van der Waals surface area contributed by atoms with Gasteiger partial charge in [0.2, 0.25) is 0 Å². The smallest absolute Gasteiger partial charge is 0.318 e. The second-order valence-corrected chi connectivity index (χ2v) is 5.21. The fourth-order valence-electron chi connectivity index (χ4n) is 2.25. The van der Waals surface area contributed by atoms with E-state index in [1.807, 2.05) is 30.3 Å². The molecule has 0 aliphatic carbocycles. The molecule has 0 radical (unpaired) electrons. The first-order valence-electron chi connectivity index (χ1n) is 7.58. The van der Waals surface area contributed by atoms with E-state index in [4.69, 9.17) is 4.74 Å². The number of carbonyl (C=O) groups is 1. The van der Waals surface area contributed by atoms with Gasteiger partial charge in [-0.15, -0.1) is 0 Å². The quantitative estimate of drug-likeness (QED) is 0.858. The van der Waals surface area contributed by atoms with E-state index in [1.165, 1.54) is 11.1 Å². The topological polar surface area (TPSA) is 50.4 Å². The van der Waals surface area contributed by atoms with Crippen molar-refractivity contribution in [3.05, 3.63) is 71.4 Å². The Morgan fingerprint density at radius 2 is 2.00 bits per heavy atom. The van der Waals surface area contributed by atoms with Crippen LogP contribution in [0.15, 0.2) is 54.7 Å². The van der Waals surface area contributed by atoms with Crippen molar-refractivity contribution in [3.8, 4) is 5.75 Å². The van der Waals surface area contributed by atoms with Crippen LogP contribution in [0.5, 0.6) is 5.75 Å². The van der Waals surface area contributed by atoms with Crippen LogP contribution >= 0.6 is 0 Å². The Bertz CT molecular complexity index is 681. The number of hydrogen-bond donors (Lipinski definition) is 2. The summed E-state index contributed by atoms with van der Waals surface area (Å²) in [7, 11) is 1.62. The summed E-state index contributed by atoms with van der Waals surface area (Å²) in [6.45, 7) is 2.66. The van der Waals surface area contributed by atoms with Crippen LogP contribution in [0.2, 0.25) is 0 Å². The van der Waals surface area contributed by atoms with Gasteiger partial charge in [0.05, 0.1) is 7.11 Å². The molecule has 4 nitrogen and oxygen atoms in total. The van der Waals surface area contributed by atoms with Gasteiger partial charge < -0.3 is 15.4 Å². The molecule has 0 bridgehead atoms. The van der Waals surface area contributed by atoms with E-state index in [2.05, 4.69) is 35.8 Å². The SMILES string of the molecule is COc1ccccc1/C=C/NC(=O)NCCc1cccc(C)c1. The van der Waals surface area contributed by atoms with Crippen LogP contribution in [0.4, 0.5) is 4.79 Å². The Morgan fingerprint density at radius 3 is 2.78 bits per heavy atom. The average Bonchev–Trinajstić information content (AvgIpc) is 2.55.